The van der Waals surface area contributed by atoms with Gasteiger partial charge in [0.2, 0.25) is 5.95 Å². The second kappa shape index (κ2) is 10.0. The Bertz CT molecular complexity index is 1230. The summed E-state index contributed by atoms with van der Waals surface area (Å²) in [6.07, 6.45) is 2.42. The second-order valence-electron chi connectivity index (χ2n) is 7.59. The maximum absolute atomic E-state index is 12.4. The lowest BCUT2D eigenvalue weighted by molar-refractivity contribution is -0.140. The Morgan fingerprint density at radius 3 is 2.67 bits per heavy atom. The number of anilines is 1. The maximum atomic E-state index is 12.4. The summed E-state index contributed by atoms with van der Waals surface area (Å²) in [5, 5.41) is 20.2. The molecule has 3 rings (SSSR count). The van der Waals surface area contributed by atoms with E-state index in [4.69, 9.17) is 15.3 Å². The fraction of sp³-hybridized carbons (Fsp3) is 0.381. The number of H-pyrrole nitrogens is 1. The third-order valence-corrected chi connectivity index (χ3v) is 5.35. The summed E-state index contributed by atoms with van der Waals surface area (Å²) in [7, 11) is 0. The lowest BCUT2D eigenvalue weighted by atomic mass is 9.99. The van der Waals surface area contributed by atoms with Gasteiger partial charge < -0.3 is 30.2 Å². The summed E-state index contributed by atoms with van der Waals surface area (Å²) >= 11 is 0. The van der Waals surface area contributed by atoms with Crippen molar-refractivity contribution in [2.75, 3.05) is 5.73 Å². The van der Waals surface area contributed by atoms with Crippen molar-refractivity contribution in [3.63, 3.8) is 0 Å². The van der Waals surface area contributed by atoms with Crippen LogP contribution < -0.4 is 16.6 Å². The molecule has 0 aromatic carbocycles. The molecule has 0 aliphatic rings. The third kappa shape index (κ3) is 5.59. The zero-order valence-electron chi connectivity index (χ0n) is 17.9. The van der Waals surface area contributed by atoms with Gasteiger partial charge in [-0.25, -0.2) is 9.78 Å². The molecular weight excluding hydrogens is 434 g/mol. The molecule has 6 N–H and O–H groups in total. The van der Waals surface area contributed by atoms with Crippen LogP contribution in [0.3, 0.4) is 0 Å². The Morgan fingerprint density at radius 2 is 2.00 bits per heavy atom. The first-order valence-corrected chi connectivity index (χ1v) is 10.4. The highest BCUT2D eigenvalue weighted by Gasteiger charge is 2.24. The summed E-state index contributed by atoms with van der Waals surface area (Å²) in [4.78, 5) is 53.2. The molecule has 2 atom stereocenters. The zero-order chi connectivity index (χ0) is 24.1. The van der Waals surface area contributed by atoms with Crippen molar-refractivity contribution in [2.24, 2.45) is 0 Å². The van der Waals surface area contributed by atoms with E-state index in [1.54, 1.807) is 22.9 Å². The number of carbonyl (C=O) groups is 3. The molecule has 12 heteroatoms. The number of aliphatic carboxylic acids is 2. The van der Waals surface area contributed by atoms with Crippen molar-refractivity contribution in [1.29, 1.82) is 0 Å². The van der Waals surface area contributed by atoms with Gasteiger partial charge in [-0.2, -0.15) is 0 Å². The monoisotopic (exact) mass is 459 g/mol. The predicted octanol–water partition coefficient (Wildman–Crippen LogP) is 1.53. The standard InChI is InChI=1S/C21H25N5O7/c1-2-11(7-9-26-10-8-12-17(26)19(30)25-21(22)24-12)14-4-5-15(33-14)18(29)23-13(20(31)32)3-6-16(27)28/h4-5,8,10-11,13H,2-3,6-7,9H2,1H3,(H,23,29)(H,27,28)(H,31,32)(H3,22,24,25,30)/t11?,13-/m0/s1. The number of aromatic amines is 1. The van der Waals surface area contributed by atoms with Crippen molar-refractivity contribution in [1.82, 2.24) is 19.9 Å². The topological polar surface area (TPSA) is 194 Å². The fourth-order valence-electron chi connectivity index (χ4n) is 3.61. The van der Waals surface area contributed by atoms with Crippen molar-refractivity contribution in [3.05, 3.63) is 46.3 Å². The highest BCUT2D eigenvalue weighted by atomic mass is 16.4. The van der Waals surface area contributed by atoms with Crippen LogP contribution in [0.1, 0.15) is 54.8 Å². The molecule has 3 aromatic heterocycles. The summed E-state index contributed by atoms with van der Waals surface area (Å²) in [6, 6.07) is 3.47. The van der Waals surface area contributed by atoms with Crippen molar-refractivity contribution < 1.29 is 29.0 Å². The molecule has 0 fully saturated rings. The molecule has 0 radical (unpaired) electrons. The minimum atomic E-state index is -1.34. The van der Waals surface area contributed by atoms with Crippen LogP contribution >= 0.6 is 0 Å². The average Bonchev–Trinajstić information content (AvgIpc) is 3.39. The molecule has 33 heavy (non-hydrogen) atoms. The van der Waals surface area contributed by atoms with Crippen LogP contribution in [0, 0.1) is 0 Å². The number of hydrogen-bond acceptors (Lipinski definition) is 7. The van der Waals surface area contributed by atoms with Crippen LogP contribution in [0.5, 0.6) is 0 Å². The van der Waals surface area contributed by atoms with E-state index in [0.29, 0.717) is 36.2 Å². The van der Waals surface area contributed by atoms with E-state index in [-0.39, 0.29) is 29.6 Å². The van der Waals surface area contributed by atoms with Crippen molar-refractivity contribution in [2.45, 2.75) is 51.1 Å². The number of aryl methyl sites for hydroxylation is 1. The number of furan rings is 1. The quantitative estimate of drug-likeness (QED) is 0.282. The number of nitrogens with one attached hydrogen (secondary N) is 2. The van der Waals surface area contributed by atoms with Gasteiger partial charge >= 0.3 is 11.9 Å². The Kier molecular flexibility index (Phi) is 7.16. The van der Waals surface area contributed by atoms with Crippen molar-refractivity contribution >= 4 is 34.8 Å². The van der Waals surface area contributed by atoms with E-state index in [0.717, 1.165) is 0 Å². The molecule has 0 aliphatic carbocycles. The lowest BCUT2D eigenvalue weighted by Crippen LogP contribution is -2.41. The molecule has 0 spiro atoms. The summed E-state index contributed by atoms with van der Waals surface area (Å²) < 4.78 is 7.45. The number of nitrogens with zero attached hydrogens (tertiary/aromatic N) is 2. The molecule has 176 valence electrons. The number of nitrogens with two attached hydrogens (primary N) is 1. The molecular formula is C21H25N5O7. The number of aromatic nitrogens is 3. The minimum absolute atomic E-state index is 0.0474. The van der Waals surface area contributed by atoms with Crippen molar-refractivity contribution in [3.8, 4) is 0 Å². The molecule has 1 unspecified atom stereocenters. The van der Waals surface area contributed by atoms with E-state index in [2.05, 4.69) is 15.3 Å². The van der Waals surface area contributed by atoms with Gasteiger partial charge in [-0.05, 0) is 37.5 Å². The van der Waals surface area contributed by atoms with E-state index in [1.165, 1.54) is 6.07 Å². The van der Waals surface area contributed by atoms with E-state index < -0.39 is 30.3 Å². The Morgan fingerprint density at radius 1 is 1.24 bits per heavy atom. The summed E-state index contributed by atoms with van der Waals surface area (Å²) in [6.45, 7) is 2.46. The molecule has 1 amide bonds. The Labute approximate surface area is 187 Å². The predicted molar refractivity (Wildman–Crippen MR) is 117 cm³/mol. The smallest absolute Gasteiger partial charge is 0.326 e. The SMILES string of the molecule is CCC(CCn1ccc2nc(N)[nH]c(=O)c21)c1ccc(C(=O)N[C@@H](CCC(=O)O)C(=O)O)o1. The molecule has 0 bridgehead atoms. The Hall–Kier alpha value is -4.09. The molecule has 0 saturated carbocycles. The highest BCUT2D eigenvalue weighted by molar-refractivity contribution is 5.94. The van der Waals surface area contributed by atoms with Crippen LogP contribution in [0.4, 0.5) is 5.95 Å². The maximum Gasteiger partial charge on any atom is 0.326 e. The minimum Gasteiger partial charge on any atom is -0.481 e. The number of hydrogen-bond donors (Lipinski definition) is 5. The molecule has 0 saturated heterocycles. The first-order valence-electron chi connectivity index (χ1n) is 10.4. The number of amides is 1. The van der Waals surface area contributed by atoms with Gasteiger partial charge in [-0.3, -0.25) is 19.4 Å². The first kappa shape index (κ1) is 23.6. The van der Waals surface area contributed by atoms with E-state index in [1.807, 2.05) is 6.92 Å². The summed E-state index contributed by atoms with van der Waals surface area (Å²) in [5.41, 5.74) is 6.16. The fourth-order valence-corrected chi connectivity index (χ4v) is 3.61. The molecule has 0 aliphatic heterocycles. The number of fused-ring (bicyclic) bond motifs is 1. The Balaban J connectivity index is 1.68. The third-order valence-electron chi connectivity index (χ3n) is 5.35. The molecule has 3 aromatic rings. The first-order chi connectivity index (χ1) is 15.7. The average molecular weight is 459 g/mol. The van der Waals surface area contributed by atoms with Crippen LogP contribution in [0.25, 0.3) is 11.0 Å². The van der Waals surface area contributed by atoms with Gasteiger partial charge in [0.25, 0.3) is 11.5 Å². The normalized spacial score (nSPS) is 13.0. The number of carboxylic acid groups (broad SMARTS) is 2. The lowest BCUT2D eigenvalue weighted by Gasteiger charge is -2.14. The van der Waals surface area contributed by atoms with Gasteiger partial charge in [0, 0.05) is 25.1 Å². The van der Waals surface area contributed by atoms with Gasteiger partial charge in [0.05, 0.1) is 5.52 Å². The van der Waals surface area contributed by atoms with Gasteiger partial charge in [0.15, 0.2) is 5.76 Å². The van der Waals surface area contributed by atoms with Gasteiger partial charge in [-0.15, -0.1) is 0 Å². The van der Waals surface area contributed by atoms with E-state index in [9.17, 15) is 24.3 Å². The van der Waals surface area contributed by atoms with Crippen LogP contribution in [-0.4, -0.2) is 48.6 Å². The zero-order valence-corrected chi connectivity index (χ0v) is 17.9. The van der Waals surface area contributed by atoms with Crippen LogP contribution in [-0.2, 0) is 16.1 Å². The number of carboxylic acids is 2. The van der Waals surface area contributed by atoms with Gasteiger partial charge in [0.1, 0.15) is 17.3 Å². The van der Waals surface area contributed by atoms with Crippen LogP contribution in [0.15, 0.2) is 33.6 Å². The van der Waals surface area contributed by atoms with Crippen LogP contribution in [0.2, 0.25) is 0 Å². The molecule has 3 heterocycles. The molecule has 12 nitrogen and oxygen atoms in total. The number of nitrogen functional groups attached to an aromatic ring is 1. The summed E-state index contributed by atoms with van der Waals surface area (Å²) in [5.74, 6) is -2.74. The number of rotatable bonds is 11. The largest absolute Gasteiger partial charge is 0.481 e. The van der Waals surface area contributed by atoms with E-state index >= 15 is 0 Å². The second-order valence-corrected chi connectivity index (χ2v) is 7.59. The van der Waals surface area contributed by atoms with Gasteiger partial charge in [-0.1, -0.05) is 6.92 Å². The number of carbonyl (C=O) groups excluding carboxylic acids is 1. The highest BCUT2D eigenvalue weighted by Crippen LogP contribution is 2.26.